The normalized spacial score (nSPS) is 30.2. The molecule has 6 rings (SSSR count). The fraction of sp³-hybridized carbons (Fsp3) is 0.600. The van der Waals surface area contributed by atoms with Gasteiger partial charge in [-0.05, 0) is 88.2 Å². The Balaban J connectivity index is 1.22. The Bertz CT molecular complexity index is 1180. The van der Waals surface area contributed by atoms with Gasteiger partial charge >= 0.3 is 0 Å². The second-order valence-corrected chi connectivity index (χ2v) is 12.8. The maximum atomic E-state index is 12.7. The van der Waals surface area contributed by atoms with Gasteiger partial charge in [0.2, 0.25) is 0 Å². The number of hydrogen-bond acceptors (Lipinski definition) is 5. The molecule has 2 fully saturated rings. The lowest BCUT2D eigenvalue weighted by Gasteiger charge is -2.65. The number of aromatic hydroxyl groups is 1. The average molecular weight is 545 g/mol. The van der Waals surface area contributed by atoms with Crippen molar-refractivity contribution in [2.75, 3.05) is 26.2 Å². The number of likely N-dealkylation sites (tertiary alicyclic amines) is 1. The van der Waals surface area contributed by atoms with E-state index in [0.29, 0.717) is 5.75 Å². The van der Waals surface area contributed by atoms with Crippen LogP contribution in [-0.2, 0) is 18.3 Å². The molecule has 5 atom stereocenters. The van der Waals surface area contributed by atoms with E-state index in [1.807, 2.05) is 6.08 Å². The van der Waals surface area contributed by atoms with Crippen molar-refractivity contribution in [3.63, 3.8) is 0 Å². The Labute approximate surface area is 240 Å². The minimum atomic E-state index is -0.852. The second kappa shape index (κ2) is 11.5. The van der Waals surface area contributed by atoms with Gasteiger partial charge < -0.3 is 14.9 Å². The zero-order valence-electron chi connectivity index (χ0n) is 24.4. The summed E-state index contributed by atoms with van der Waals surface area (Å²) < 4.78 is 6.85. The van der Waals surface area contributed by atoms with E-state index in [0.717, 1.165) is 63.8 Å². The fourth-order valence-electron chi connectivity index (χ4n) is 8.81. The Morgan fingerprint density at radius 3 is 2.65 bits per heavy atom. The molecular formula is C35H48N2O3. The number of benzene rings is 2. The van der Waals surface area contributed by atoms with Crippen molar-refractivity contribution in [1.82, 2.24) is 9.80 Å². The summed E-state index contributed by atoms with van der Waals surface area (Å²) in [5.41, 5.74) is 2.50. The zero-order valence-corrected chi connectivity index (χ0v) is 24.4. The first-order chi connectivity index (χ1) is 19.5. The summed E-state index contributed by atoms with van der Waals surface area (Å²) in [5.74, 6) is 0.883. The molecule has 2 heterocycles. The fourth-order valence-corrected chi connectivity index (χ4v) is 8.81. The van der Waals surface area contributed by atoms with Crippen molar-refractivity contribution in [1.29, 1.82) is 0 Å². The predicted octanol–water partition coefficient (Wildman–Crippen LogP) is 6.01. The second-order valence-electron chi connectivity index (χ2n) is 12.8. The van der Waals surface area contributed by atoms with Crippen LogP contribution in [0.15, 0.2) is 55.1 Å². The molecule has 2 N–H and O–H groups in total. The van der Waals surface area contributed by atoms with Crippen LogP contribution in [-0.4, -0.2) is 70.0 Å². The van der Waals surface area contributed by atoms with Crippen molar-refractivity contribution in [3.05, 3.63) is 71.8 Å². The molecule has 4 aliphatic rings. The molecule has 5 heteroatoms. The van der Waals surface area contributed by atoms with Gasteiger partial charge in [-0.25, -0.2) is 0 Å². The zero-order chi connectivity index (χ0) is 27.7. The Morgan fingerprint density at radius 2 is 1.85 bits per heavy atom. The molecule has 2 aromatic carbocycles. The number of unbranched alkanes of at least 4 members (excludes halogenated alkanes) is 4. The number of ether oxygens (including phenoxy) is 1. The van der Waals surface area contributed by atoms with Crippen molar-refractivity contribution >= 4 is 0 Å². The van der Waals surface area contributed by atoms with Crippen LogP contribution in [0.4, 0.5) is 0 Å². The van der Waals surface area contributed by atoms with Gasteiger partial charge in [-0.3, -0.25) is 9.80 Å². The molecule has 216 valence electrons. The summed E-state index contributed by atoms with van der Waals surface area (Å²) in [5, 5.41) is 23.6. The molecule has 2 aliphatic carbocycles. The Hall–Kier alpha value is -2.34. The van der Waals surface area contributed by atoms with Crippen LogP contribution in [0.5, 0.6) is 11.5 Å². The molecule has 1 spiro atoms. The van der Waals surface area contributed by atoms with Crippen molar-refractivity contribution < 1.29 is 14.9 Å². The standard InChI is InChI=1S/C35H48N2O3/c1-3-5-22-36(23-12-7-6-9-13-26-14-10-8-11-15-26)28-18-19-35(39)30-25-27-16-17-29(38)32-31(27)34(35,33(28)40-32)20-24-37(30)21-4-2/h4,8,10-11,14-17,28,30,33,38-39H,2-3,5-7,9,12-13,18-25H2,1H3/t28-,30-,33+,34+,35-/m1/s1. The Kier molecular flexibility index (Phi) is 8.00. The monoisotopic (exact) mass is 544 g/mol. The van der Waals surface area contributed by atoms with E-state index in [1.54, 1.807) is 6.07 Å². The molecule has 0 amide bonds. The number of hydrogen-bond donors (Lipinski definition) is 2. The summed E-state index contributed by atoms with van der Waals surface area (Å²) >= 11 is 0. The van der Waals surface area contributed by atoms with Gasteiger partial charge in [0.05, 0.1) is 11.0 Å². The van der Waals surface area contributed by atoms with E-state index >= 15 is 0 Å². The molecule has 0 radical (unpaired) electrons. The molecule has 2 aromatic rings. The summed E-state index contributed by atoms with van der Waals surface area (Å²) in [7, 11) is 0. The van der Waals surface area contributed by atoms with Crippen LogP contribution in [0.25, 0.3) is 0 Å². The minimum absolute atomic E-state index is 0.0583. The third-order valence-corrected chi connectivity index (χ3v) is 10.7. The molecule has 2 aliphatic heterocycles. The first kappa shape index (κ1) is 27.8. The molecular weight excluding hydrogens is 496 g/mol. The van der Waals surface area contributed by atoms with Crippen LogP contribution in [0, 0.1) is 0 Å². The summed E-state index contributed by atoms with van der Waals surface area (Å²) in [4.78, 5) is 5.13. The van der Waals surface area contributed by atoms with Crippen LogP contribution < -0.4 is 4.74 Å². The number of phenolic OH excluding ortho intramolecular Hbond substituents is 1. The van der Waals surface area contributed by atoms with E-state index in [9.17, 15) is 10.2 Å². The number of phenols is 1. The lowest BCUT2D eigenvalue weighted by atomic mass is 9.48. The third-order valence-electron chi connectivity index (χ3n) is 10.7. The molecule has 40 heavy (non-hydrogen) atoms. The number of piperidine rings is 1. The Morgan fingerprint density at radius 1 is 1.05 bits per heavy atom. The average Bonchev–Trinajstić information content (AvgIpc) is 3.32. The van der Waals surface area contributed by atoms with Gasteiger partial charge in [-0.1, -0.05) is 68.7 Å². The minimum Gasteiger partial charge on any atom is -0.504 e. The summed E-state index contributed by atoms with van der Waals surface area (Å²) in [6, 6.07) is 15.0. The van der Waals surface area contributed by atoms with E-state index in [1.165, 1.54) is 49.7 Å². The highest BCUT2D eigenvalue weighted by molar-refractivity contribution is 5.62. The van der Waals surface area contributed by atoms with Gasteiger partial charge in [-0.2, -0.15) is 0 Å². The number of aryl methyl sites for hydroxylation is 1. The quantitative estimate of drug-likeness (QED) is 0.239. The smallest absolute Gasteiger partial charge is 0.165 e. The van der Waals surface area contributed by atoms with Crippen LogP contribution in [0.1, 0.15) is 81.4 Å². The van der Waals surface area contributed by atoms with E-state index in [4.69, 9.17) is 4.74 Å². The first-order valence-corrected chi connectivity index (χ1v) is 15.9. The van der Waals surface area contributed by atoms with Crippen molar-refractivity contribution in [2.24, 2.45) is 0 Å². The number of rotatable bonds is 13. The molecule has 1 saturated carbocycles. The predicted molar refractivity (Wildman–Crippen MR) is 161 cm³/mol. The van der Waals surface area contributed by atoms with Crippen molar-refractivity contribution in [3.8, 4) is 11.5 Å². The first-order valence-electron chi connectivity index (χ1n) is 15.9. The van der Waals surface area contributed by atoms with E-state index in [-0.39, 0.29) is 23.9 Å². The molecule has 0 aromatic heterocycles. The van der Waals surface area contributed by atoms with Crippen LogP contribution in [0.2, 0.25) is 0 Å². The molecule has 1 saturated heterocycles. The third kappa shape index (κ3) is 4.49. The lowest BCUT2D eigenvalue weighted by molar-refractivity contribution is -0.198. The van der Waals surface area contributed by atoms with Gasteiger partial charge in [0, 0.05) is 24.2 Å². The van der Waals surface area contributed by atoms with Gasteiger partial charge in [0.15, 0.2) is 11.5 Å². The molecule has 0 unspecified atom stereocenters. The number of aliphatic hydroxyl groups is 1. The molecule has 5 nitrogen and oxygen atoms in total. The van der Waals surface area contributed by atoms with Crippen LogP contribution >= 0.6 is 0 Å². The summed E-state index contributed by atoms with van der Waals surface area (Å²) in [6.07, 6.45) is 13.7. The topological polar surface area (TPSA) is 56.2 Å². The maximum Gasteiger partial charge on any atom is 0.165 e. The van der Waals surface area contributed by atoms with E-state index in [2.05, 4.69) is 59.7 Å². The maximum absolute atomic E-state index is 12.7. The number of nitrogens with zero attached hydrogens (tertiary/aromatic N) is 2. The van der Waals surface area contributed by atoms with Crippen LogP contribution in [0.3, 0.4) is 0 Å². The highest BCUT2D eigenvalue weighted by atomic mass is 16.5. The highest BCUT2D eigenvalue weighted by Crippen LogP contribution is 2.65. The van der Waals surface area contributed by atoms with E-state index < -0.39 is 11.0 Å². The summed E-state index contributed by atoms with van der Waals surface area (Å²) in [6.45, 7) is 10.1. The van der Waals surface area contributed by atoms with Gasteiger partial charge in [0.1, 0.15) is 6.10 Å². The molecule has 2 bridgehead atoms. The highest BCUT2D eigenvalue weighted by Gasteiger charge is 2.73. The lowest BCUT2D eigenvalue weighted by Crippen LogP contribution is -2.78. The van der Waals surface area contributed by atoms with Gasteiger partial charge in [0.25, 0.3) is 0 Å². The van der Waals surface area contributed by atoms with Crippen molar-refractivity contribution in [2.45, 2.75) is 107 Å². The SMILES string of the molecule is C=CCN1CC[C@]23c4c5ccc(O)c4O[C@H]2[C@H](N(CCCC)CCCCCCc2ccccc2)CC[C@@]3(O)[C@H]1C5. The van der Waals surface area contributed by atoms with Gasteiger partial charge in [-0.15, -0.1) is 6.58 Å². The largest absolute Gasteiger partial charge is 0.504 e.